The molecule has 0 aliphatic carbocycles. The smallest absolute Gasteiger partial charge is 0.220 e. The first-order chi connectivity index (χ1) is 6.18. The first kappa shape index (κ1) is 10.5. The van der Waals surface area contributed by atoms with Crippen LogP contribution in [-0.2, 0) is 4.79 Å². The molecule has 0 radical (unpaired) electrons. The first-order valence-corrected chi connectivity index (χ1v) is 5.18. The van der Waals surface area contributed by atoms with Gasteiger partial charge in [-0.2, -0.15) is 0 Å². The van der Waals surface area contributed by atoms with Crippen LogP contribution >= 0.6 is 0 Å². The summed E-state index contributed by atoms with van der Waals surface area (Å²) in [6.45, 7) is 6.02. The van der Waals surface area contributed by atoms with Crippen molar-refractivity contribution in [3.63, 3.8) is 0 Å². The lowest BCUT2D eigenvalue weighted by Gasteiger charge is -2.12. The molecule has 1 aliphatic heterocycles. The van der Waals surface area contributed by atoms with Crippen LogP contribution in [0.3, 0.4) is 0 Å². The minimum atomic E-state index is 0.184. The van der Waals surface area contributed by atoms with Gasteiger partial charge in [0.25, 0.3) is 0 Å². The maximum Gasteiger partial charge on any atom is 0.220 e. The Labute approximate surface area is 80.3 Å². The summed E-state index contributed by atoms with van der Waals surface area (Å²) in [7, 11) is 0. The van der Waals surface area contributed by atoms with E-state index in [1.54, 1.807) is 0 Å². The van der Waals surface area contributed by atoms with Crippen LogP contribution in [0.1, 0.15) is 33.1 Å². The van der Waals surface area contributed by atoms with E-state index < -0.39 is 0 Å². The number of nitrogens with one attached hydrogen (secondary N) is 2. The quantitative estimate of drug-likeness (QED) is 0.681. The van der Waals surface area contributed by atoms with E-state index in [1.807, 2.05) is 0 Å². The first-order valence-electron chi connectivity index (χ1n) is 5.18. The second-order valence-electron chi connectivity index (χ2n) is 4.20. The standard InChI is InChI=1S/C10H20N2O/c1-8(2)6-10(13)12-7-9-4-3-5-11-9/h8-9,11H,3-7H2,1-2H3,(H,12,13)/t9-/m1/s1. The molecule has 1 heterocycles. The van der Waals surface area contributed by atoms with Gasteiger partial charge in [-0.15, -0.1) is 0 Å². The third-order valence-electron chi connectivity index (χ3n) is 2.30. The van der Waals surface area contributed by atoms with Gasteiger partial charge in [0.2, 0.25) is 5.91 Å². The zero-order valence-corrected chi connectivity index (χ0v) is 8.60. The van der Waals surface area contributed by atoms with E-state index >= 15 is 0 Å². The molecule has 1 amide bonds. The normalized spacial score (nSPS) is 22.2. The van der Waals surface area contributed by atoms with E-state index in [2.05, 4.69) is 24.5 Å². The molecule has 0 unspecified atom stereocenters. The topological polar surface area (TPSA) is 41.1 Å². The minimum absolute atomic E-state index is 0.184. The molecule has 1 rings (SSSR count). The molecule has 1 saturated heterocycles. The van der Waals surface area contributed by atoms with Crippen LogP contribution < -0.4 is 10.6 Å². The predicted molar refractivity (Wildman–Crippen MR) is 53.5 cm³/mol. The molecule has 1 aliphatic rings. The molecule has 3 heteroatoms. The summed E-state index contributed by atoms with van der Waals surface area (Å²) >= 11 is 0. The van der Waals surface area contributed by atoms with Crippen LogP contribution in [0.2, 0.25) is 0 Å². The van der Waals surface area contributed by atoms with Gasteiger partial charge < -0.3 is 10.6 Å². The van der Waals surface area contributed by atoms with Crippen LogP contribution in [0, 0.1) is 5.92 Å². The number of rotatable bonds is 4. The second kappa shape index (κ2) is 5.22. The summed E-state index contributed by atoms with van der Waals surface area (Å²) in [5.41, 5.74) is 0. The number of carbonyl (C=O) groups excluding carboxylic acids is 1. The van der Waals surface area contributed by atoms with Gasteiger partial charge in [-0.25, -0.2) is 0 Å². The Morgan fingerprint density at radius 1 is 1.62 bits per heavy atom. The van der Waals surface area contributed by atoms with Crippen LogP contribution in [0.15, 0.2) is 0 Å². The Bertz CT molecular complexity index is 162. The van der Waals surface area contributed by atoms with E-state index in [4.69, 9.17) is 0 Å². The largest absolute Gasteiger partial charge is 0.355 e. The van der Waals surface area contributed by atoms with Crippen molar-refractivity contribution in [1.29, 1.82) is 0 Å². The number of hydrogen-bond acceptors (Lipinski definition) is 2. The maximum atomic E-state index is 11.3. The molecule has 0 saturated carbocycles. The molecule has 2 N–H and O–H groups in total. The van der Waals surface area contributed by atoms with E-state index in [0.29, 0.717) is 18.4 Å². The highest BCUT2D eigenvalue weighted by Gasteiger charge is 2.14. The molecular formula is C10H20N2O. The predicted octanol–water partition coefficient (Wildman–Crippen LogP) is 0.901. The Hall–Kier alpha value is -0.570. The Morgan fingerprint density at radius 2 is 2.38 bits per heavy atom. The Kier molecular flexibility index (Phi) is 4.22. The lowest BCUT2D eigenvalue weighted by molar-refractivity contribution is -0.121. The third kappa shape index (κ3) is 4.27. The van der Waals surface area contributed by atoms with Crippen molar-refractivity contribution in [3.05, 3.63) is 0 Å². The molecule has 3 nitrogen and oxygen atoms in total. The van der Waals surface area contributed by atoms with Crippen molar-refractivity contribution >= 4 is 5.91 Å². The van der Waals surface area contributed by atoms with Crippen LogP contribution in [0.5, 0.6) is 0 Å². The van der Waals surface area contributed by atoms with Crippen molar-refractivity contribution in [1.82, 2.24) is 10.6 Å². The van der Waals surface area contributed by atoms with Crippen molar-refractivity contribution in [3.8, 4) is 0 Å². The summed E-state index contributed by atoms with van der Waals surface area (Å²) < 4.78 is 0. The maximum absolute atomic E-state index is 11.3. The van der Waals surface area contributed by atoms with Crippen molar-refractivity contribution < 1.29 is 4.79 Å². The molecule has 76 valence electrons. The SMILES string of the molecule is CC(C)CC(=O)NC[C@H]1CCCN1. The summed E-state index contributed by atoms with van der Waals surface area (Å²) in [5.74, 6) is 0.639. The van der Waals surface area contributed by atoms with Gasteiger partial charge in [-0.1, -0.05) is 13.8 Å². The number of amides is 1. The Balaban J connectivity index is 2.07. The fraction of sp³-hybridized carbons (Fsp3) is 0.900. The van der Waals surface area contributed by atoms with Crippen molar-refractivity contribution in [2.75, 3.05) is 13.1 Å². The van der Waals surface area contributed by atoms with Crippen LogP contribution in [0.4, 0.5) is 0 Å². The molecule has 0 aromatic rings. The van der Waals surface area contributed by atoms with Crippen LogP contribution in [-0.4, -0.2) is 25.0 Å². The molecule has 0 aromatic heterocycles. The van der Waals surface area contributed by atoms with Gasteiger partial charge >= 0.3 is 0 Å². The van der Waals surface area contributed by atoms with Gasteiger partial charge in [-0.3, -0.25) is 4.79 Å². The fourth-order valence-corrected chi connectivity index (χ4v) is 1.61. The van der Waals surface area contributed by atoms with E-state index in [-0.39, 0.29) is 5.91 Å². The summed E-state index contributed by atoms with van der Waals surface area (Å²) in [6, 6.07) is 0.510. The summed E-state index contributed by atoms with van der Waals surface area (Å²) in [4.78, 5) is 11.3. The summed E-state index contributed by atoms with van der Waals surface area (Å²) in [6.07, 6.45) is 3.08. The molecule has 1 fully saturated rings. The molecular weight excluding hydrogens is 164 g/mol. The van der Waals surface area contributed by atoms with Gasteiger partial charge in [0, 0.05) is 19.0 Å². The Morgan fingerprint density at radius 3 is 2.92 bits per heavy atom. The van der Waals surface area contributed by atoms with Gasteiger partial charge in [0.15, 0.2) is 0 Å². The summed E-state index contributed by atoms with van der Waals surface area (Å²) in [5, 5.41) is 6.31. The van der Waals surface area contributed by atoms with Gasteiger partial charge in [0.1, 0.15) is 0 Å². The molecule has 13 heavy (non-hydrogen) atoms. The third-order valence-corrected chi connectivity index (χ3v) is 2.30. The molecule has 0 spiro atoms. The van der Waals surface area contributed by atoms with Gasteiger partial charge in [-0.05, 0) is 25.3 Å². The highest BCUT2D eigenvalue weighted by molar-refractivity contribution is 5.76. The average Bonchev–Trinajstić information content (AvgIpc) is 2.51. The monoisotopic (exact) mass is 184 g/mol. The number of hydrogen-bond donors (Lipinski definition) is 2. The van der Waals surface area contributed by atoms with Crippen molar-refractivity contribution in [2.45, 2.75) is 39.2 Å². The highest BCUT2D eigenvalue weighted by Crippen LogP contribution is 2.04. The van der Waals surface area contributed by atoms with E-state index in [1.165, 1.54) is 12.8 Å². The molecule has 0 bridgehead atoms. The lowest BCUT2D eigenvalue weighted by atomic mass is 10.1. The zero-order valence-electron chi connectivity index (χ0n) is 8.60. The average molecular weight is 184 g/mol. The molecule has 1 atom stereocenters. The second-order valence-corrected chi connectivity index (χ2v) is 4.20. The van der Waals surface area contributed by atoms with E-state index in [0.717, 1.165) is 13.1 Å². The lowest BCUT2D eigenvalue weighted by Crippen LogP contribution is -2.37. The highest BCUT2D eigenvalue weighted by atomic mass is 16.1. The van der Waals surface area contributed by atoms with Crippen LogP contribution in [0.25, 0.3) is 0 Å². The van der Waals surface area contributed by atoms with Gasteiger partial charge in [0.05, 0.1) is 0 Å². The minimum Gasteiger partial charge on any atom is -0.355 e. The van der Waals surface area contributed by atoms with E-state index in [9.17, 15) is 4.79 Å². The van der Waals surface area contributed by atoms with Crippen molar-refractivity contribution in [2.24, 2.45) is 5.92 Å². The zero-order chi connectivity index (χ0) is 9.68. The molecule has 0 aromatic carbocycles. The fourth-order valence-electron chi connectivity index (χ4n) is 1.61. The number of carbonyl (C=O) groups is 1.